The average Bonchev–Trinajstić information content (AvgIpc) is 1.88. The van der Waals surface area contributed by atoms with Gasteiger partial charge in [0.05, 0.1) is 5.60 Å². The number of rotatable bonds is 3. The van der Waals surface area contributed by atoms with Gasteiger partial charge < -0.3 is 4.74 Å². The van der Waals surface area contributed by atoms with Crippen molar-refractivity contribution in [1.82, 2.24) is 0 Å². The molecule has 0 radical (unpaired) electrons. The standard InChI is InChI=1S/C7H16O3/c1-6(2,9-5)7(3,4)10-8/h8H,1-5H3. The Morgan fingerprint density at radius 1 is 1.00 bits per heavy atom. The lowest BCUT2D eigenvalue weighted by molar-refractivity contribution is -0.351. The summed E-state index contributed by atoms with van der Waals surface area (Å²) in [7, 11) is 1.58. The van der Waals surface area contributed by atoms with Gasteiger partial charge in [-0.05, 0) is 27.7 Å². The van der Waals surface area contributed by atoms with Crippen molar-refractivity contribution in [3.05, 3.63) is 0 Å². The zero-order valence-electron chi connectivity index (χ0n) is 7.26. The SMILES string of the molecule is COC(C)(C)C(C)(C)OO. The lowest BCUT2D eigenvalue weighted by Gasteiger charge is -2.36. The fourth-order valence-electron chi connectivity index (χ4n) is 0.356. The highest BCUT2D eigenvalue weighted by Crippen LogP contribution is 2.26. The molecule has 3 heteroatoms. The van der Waals surface area contributed by atoms with E-state index in [9.17, 15) is 0 Å². The molecule has 0 amide bonds. The van der Waals surface area contributed by atoms with Crippen LogP contribution in [-0.2, 0) is 9.62 Å². The van der Waals surface area contributed by atoms with Crippen LogP contribution in [0, 0.1) is 0 Å². The van der Waals surface area contributed by atoms with Gasteiger partial charge in [0.15, 0.2) is 0 Å². The van der Waals surface area contributed by atoms with Crippen molar-refractivity contribution in [2.24, 2.45) is 0 Å². The maximum Gasteiger partial charge on any atom is 0.126 e. The van der Waals surface area contributed by atoms with Gasteiger partial charge in [-0.2, -0.15) is 0 Å². The van der Waals surface area contributed by atoms with E-state index in [1.54, 1.807) is 21.0 Å². The van der Waals surface area contributed by atoms with E-state index in [1.165, 1.54) is 0 Å². The van der Waals surface area contributed by atoms with Gasteiger partial charge in [-0.3, -0.25) is 5.26 Å². The van der Waals surface area contributed by atoms with Crippen LogP contribution < -0.4 is 0 Å². The van der Waals surface area contributed by atoms with Crippen LogP contribution in [0.15, 0.2) is 0 Å². The molecule has 0 bridgehead atoms. The van der Waals surface area contributed by atoms with Gasteiger partial charge in [-0.15, -0.1) is 0 Å². The molecule has 0 spiro atoms. The summed E-state index contributed by atoms with van der Waals surface area (Å²) in [5.74, 6) is 0. The second-order valence-corrected chi connectivity index (χ2v) is 3.32. The van der Waals surface area contributed by atoms with Gasteiger partial charge in [-0.1, -0.05) is 0 Å². The van der Waals surface area contributed by atoms with E-state index < -0.39 is 11.2 Å². The Morgan fingerprint density at radius 3 is 1.50 bits per heavy atom. The lowest BCUT2D eigenvalue weighted by atomic mass is 9.89. The van der Waals surface area contributed by atoms with E-state index in [1.807, 2.05) is 13.8 Å². The van der Waals surface area contributed by atoms with Crippen LogP contribution in [0.2, 0.25) is 0 Å². The Kier molecular flexibility index (Phi) is 2.83. The molecular weight excluding hydrogens is 132 g/mol. The number of ether oxygens (including phenoxy) is 1. The lowest BCUT2D eigenvalue weighted by Crippen LogP contribution is -2.48. The van der Waals surface area contributed by atoms with Gasteiger partial charge in [-0.25, -0.2) is 4.89 Å². The molecular formula is C7H16O3. The van der Waals surface area contributed by atoms with Gasteiger partial charge in [0.1, 0.15) is 5.60 Å². The minimum atomic E-state index is -0.679. The summed E-state index contributed by atoms with van der Waals surface area (Å²) < 4.78 is 5.11. The van der Waals surface area contributed by atoms with Crippen molar-refractivity contribution >= 4 is 0 Å². The molecule has 0 aromatic heterocycles. The first-order valence-corrected chi connectivity index (χ1v) is 3.25. The first-order valence-electron chi connectivity index (χ1n) is 3.25. The summed E-state index contributed by atoms with van der Waals surface area (Å²) in [6, 6.07) is 0. The molecule has 0 heterocycles. The van der Waals surface area contributed by atoms with E-state index in [0.717, 1.165) is 0 Å². The molecule has 0 aromatic carbocycles. The fourth-order valence-corrected chi connectivity index (χ4v) is 0.356. The van der Waals surface area contributed by atoms with Crippen molar-refractivity contribution in [3.63, 3.8) is 0 Å². The molecule has 0 saturated heterocycles. The Labute approximate surface area is 61.9 Å². The first-order chi connectivity index (χ1) is 4.37. The summed E-state index contributed by atoms with van der Waals surface area (Å²) in [5, 5.41) is 8.48. The third-order valence-corrected chi connectivity index (χ3v) is 2.19. The first kappa shape index (κ1) is 9.88. The topological polar surface area (TPSA) is 38.7 Å². The molecule has 0 aliphatic heterocycles. The third-order valence-electron chi connectivity index (χ3n) is 2.19. The molecule has 3 nitrogen and oxygen atoms in total. The molecule has 0 rings (SSSR count). The van der Waals surface area contributed by atoms with Crippen molar-refractivity contribution in [1.29, 1.82) is 0 Å². The largest absolute Gasteiger partial charge is 0.376 e. The van der Waals surface area contributed by atoms with Crippen molar-refractivity contribution in [3.8, 4) is 0 Å². The van der Waals surface area contributed by atoms with E-state index >= 15 is 0 Å². The van der Waals surface area contributed by atoms with Crippen LogP contribution in [0.25, 0.3) is 0 Å². The summed E-state index contributed by atoms with van der Waals surface area (Å²) >= 11 is 0. The minimum absolute atomic E-state index is 0.484. The van der Waals surface area contributed by atoms with Gasteiger partial charge >= 0.3 is 0 Å². The summed E-state index contributed by atoms with van der Waals surface area (Å²) in [5.41, 5.74) is -1.16. The predicted molar refractivity (Wildman–Crippen MR) is 38.9 cm³/mol. The Balaban J connectivity index is 4.28. The zero-order valence-corrected chi connectivity index (χ0v) is 7.26. The number of methoxy groups -OCH3 is 1. The molecule has 1 N–H and O–H groups in total. The van der Waals surface area contributed by atoms with Gasteiger partial charge in [0, 0.05) is 7.11 Å². The van der Waals surface area contributed by atoms with Crippen LogP contribution >= 0.6 is 0 Å². The van der Waals surface area contributed by atoms with Gasteiger partial charge in [0.2, 0.25) is 0 Å². The molecule has 0 saturated carbocycles. The molecule has 62 valence electrons. The Hall–Kier alpha value is -0.120. The van der Waals surface area contributed by atoms with E-state index in [-0.39, 0.29) is 0 Å². The number of hydrogen-bond donors (Lipinski definition) is 1. The smallest absolute Gasteiger partial charge is 0.126 e. The van der Waals surface area contributed by atoms with Crippen LogP contribution in [0.1, 0.15) is 27.7 Å². The van der Waals surface area contributed by atoms with E-state index in [0.29, 0.717) is 0 Å². The van der Waals surface area contributed by atoms with Crippen LogP contribution in [-0.4, -0.2) is 23.6 Å². The minimum Gasteiger partial charge on any atom is -0.376 e. The third kappa shape index (κ3) is 1.68. The highest BCUT2D eigenvalue weighted by Gasteiger charge is 2.38. The van der Waals surface area contributed by atoms with E-state index in [4.69, 9.17) is 9.99 Å². The summed E-state index contributed by atoms with van der Waals surface area (Å²) in [6.45, 7) is 7.22. The molecule has 0 aliphatic rings. The quantitative estimate of drug-likeness (QED) is 0.489. The molecule has 10 heavy (non-hydrogen) atoms. The zero-order chi connectivity index (χ0) is 8.41. The summed E-state index contributed by atoms with van der Waals surface area (Å²) in [4.78, 5) is 4.27. The monoisotopic (exact) mass is 148 g/mol. The van der Waals surface area contributed by atoms with Crippen LogP contribution in [0.4, 0.5) is 0 Å². The number of hydrogen-bond acceptors (Lipinski definition) is 3. The van der Waals surface area contributed by atoms with Crippen molar-refractivity contribution in [2.75, 3.05) is 7.11 Å². The second-order valence-electron chi connectivity index (χ2n) is 3.32. The predicted octanol–water partition coefficient (Wildman–Crippen LogP) is 1.68. The normalized spacial score (nSPS) is 13.8. The maximum absolute atomic E-state index is 8.48. The van der Waals surface area contributed by atoms with E-state index in [2.05, 4.69) is 4.89 Å². The maximum atomic E-state index is 8.48. The molecule has 0 atom stereocenters. The summed E-state index contributed by atoms with van der Waals surface area (Å²) in [6.07, 6.45) is 0. The highest BCUT2D eigenvalue weighted by molar-refractivity contribution is 4.87. The second kappa shape index (κ2) is 2.86. The Bertz CT molecular complexity index is 93.4. The highest BCUT2D eigenvalue weighted by atomic mass is 17.1. The van der Waals surface area contributed by atoms with Crippen molar-refractivity contribution < 1.29 is 14.9 Å². The Morgan fingerprint density at radius 2 is 1.40 bits per heavy atom. The molecule has 0 unspecified atom stereocenters. The average molecular weight is 148 g/mol. The van der Waals surface area contributed by atoms with Crippen LogP contribution in [0.3, 0.4) is 0 Å². The molecule has 0 fully saturated rings. The van der Waals surface area contributed by atoms with Crippen molar-refractivity contribution in [2.45, 2.75) is 38.9 Å². The molecule has 0 aliphatic carbocycles. The fraction of sp³-hybridized carbons (Fsp3) is 1.00. The van der Waals surface area contributed by atoms with Crippen LogP contribution in [0.5, 0.6) is 0 Å². The van der Waals surface area contributed by atoms with Gasteiger partial charge in [0.25, 0.3) is 0 Å². The molecule has 0 aromatic rings.